The number of carbonyl (C=O) groups is 1. The molecule has 3 rings (SSSR count). The number of amides is 1. The molecule has 0 radical (unpaired) electrons. The first kappa shape index (κ1) is 16.1. The molecular weight excluding hydrogens is 306 g/mol. The first-order valence-electron chi connectivity index (χ1n) is 6.82. The number of ether oxygens (including phenoxy) is 1. The summed E-state index contributed by atoms with van der Waals surface area (Å²) in [5.41, 5.74) is 0.626. The second-order valence-corrected chi connectivity index (χ2v) is 4.76. The molecule has 1 fully saturated rings. The minimum Gasteiger partial charge on any atom is -0.481 e. The van der Waals surface area contributed by atoms with E-state index >= 15 is 0 Å². The lowest BCUT2D eigenvalue weighted by Gasteiger charge is -2.34. The number of nitrogens with one attached hydrogen (secondary N) is 1. The van der Waals surface area contributed by atoms with Crippen LogP contribution in [0.15, 0.2) is 30.6 Å². The largest absolute Gasteiger partial charge is 0.481 e. The third kappa shape index (κ3) is 3.30. The Labute approximate surface area is 134 Å². The Kier molecular flexibility index (Phi) is 5.21. The highest BCUT2D eigenvalue weighted by Crippen LogP contribution is 2.15. The van der Waals surface area contributed by atoms with Crippen molar-refractivity contribution in [3.05, 3.63) is 36.3 Å². The zero-order chi connectivity index (χ0) is 14.7. The van der Waals surface area contributed by atoms with Crippen LogP contribution in [0, 0.1) is 0 Å². The van der Waals surface area contributed by atoms with Gasteiger partial charge in [0.15, 0.2) is 0 Å². The fraction of sp³-hybridized carbons (Fsp3) is 0.357. The fourth-order valence-electron chi connectivity index (χ4n) is 2.34. The molecule has 1 N–H and O–H groups in total. The van der Waals surface area contributed by atoms with Crippen LogP contribution in [0.4, 0.5) is 5.95 Å². The molecule has 1 amide bonds. The second kappa shape index (κ2) is 7.13. The number of rotatable bonds is 3. The molecule has 22 heavy (non-hydrogen) atoms. The molecule has 2 aromatic rings. The Morgan fingerprint density at radius 2 is 2.05 bits per heavy atom. The van der Waals surface area contributed by atoms with Crippen LogP contribution in [0.3, 0.4) is 0 Å². The predicted molar refractivity (Wildman–Crippen MR) is 84.7 cm³/mol. The SMILES string of the molecule is COc1ccnc(N2CCN(C(=O)c3ccc[nH]3)CC2)n1.Cl. The topological polar surface area (TPSA) is 74.3 Å². The Hall–Kier alpha value is -2.28. The van der Waals surface area contributed by atoms with Gasteiger partial charge in [0.25, 0.3) is 5.91 Å². The number of hydrogen-bond acceptors (Lipinski definition) is 5. The zero-order valence-electron chi connectivity index (χ0n) is 12.2. The summed E-state index contributed by atoms with van der Waals surface area (Å²) < 4.78 is 5.11. The summed E-state index contributed by atoms with van der Waals surface area (Å²) >= 11 is 0. The normalized spacial score (nSPS) is 14.4. The lowest BCUT2D eigenvalue weighted by Crippen LogP contribution is -2.49. The van der Waals surface area contributed by atoms with Gasteiger partial charge < -0.3 is 19.5 Å². The van der Waals surface area contributed by atoms with Gasteiger partial charge >= 0.3 is 0 Å². The first-order chi connectivity index (χ1) is 10.3. The van der Waals surface area contributed by atoms with Crippen LogP contribution >= 0.6 is 12.4 Å². The highest BCUT2D eigenvalue weighted by Gasteiger charge is 2.23. The summed E-state index contributed by atoms with van der Waals surface area (Å²) in [6.45, 7) is 2.72. The van der Waals surface area contributed by atoms with Crippen molar-refractivity contribution in [1.29, 1.82) is 0 Å². The molecule has 118 valence electrons. The van der Waals surface area contributed by atoms with Crippen molar-refractivity contribution >= 4 is 24.3 Å². The summed E-state index contributed by atoms with van der Waals surface area (Å²) in [6, 6.07) is 5.34. The van der Waals surface area contributed by atoms with E-state index in [4.69, 9.17) is 4.74 Å². The number of anilines is 1. The third-order valence-corrected chi connectivity index (χ3v) is 3.50. The number of piperazine rings is 1. The van der Waals surface area contributed by atoms with Crippen LogP contribution < -0.4 is 9.64 Å². The van der Waals surface area contributed by atoms with Gasteiger partial charge in [0.2, 0.25) is 11.8 Å². The molecule has 0 bridgehead atoms. The van der Waals surface area contributed by atoms with Crippen LogP contribution in [0.25, 0.3) is 0 Å². The minimum absolute atomic E-state index is 0. The number of H-pyrrole nitrogens is 1. The van der Waals surface area contributed by atoms with Crippen molar-refractivity contribution in [3.8, 4) is 5.88 Å². The maximum Gasteiger partial charge on any atom is 0.270 e. The summed E-state index contributed by atoms with van der Waals surface area (Å²) in [5.74, 6) is 1.22. The van der Waals surface area contributed by atoms with E-state index < -0.39 is 0 Å². The summed E-state index contributed by atoms with van der Waals surface area (Å²) in [4.78, 5) is 27.6. The lowest BCUT2D eigenvalue weighted by molar-refractivity contribution is 0.0741. The fourth-order valence-corrected chi connectivity index (χ4v) is 2.34. The van der Waals surface area contributed by atoms with Crippen molar-refractivity contribution in [1.82, 2.24) is 19.9 Å². The molecule has 0 atom stereocenters. The van der Waals surface area contributed by atoms with Crippen molar-refractivity contribution in [3.63, 3.8) is 0 Å². The minimum atomic E-state index is 0. The third-order valence-electron chi connectivity index (χ3n) is 3.50. The van der Waals surface area contributed by atoms with Gasteiger partial charge in [-0.05, 0) is 12.1 Å². The number of halogens is 1. The zero-order valence-corrected chi connectivity index (χ0v) is 13.0. The predicted octanol–water partition coefficient (Wildman–Crippen LogP) is 1.20. The van der Waals surface area contributed by atoms with Gasteiger partial charge in [-0.1, -0.05) is 0 Å². The van der Waals surface area contributed by atoms with Crippen LogP contribution in [0.5, 0.6) is 5.88 Å². The van der Waals surface area contributed by atoms with E-state index in [1.54, 1.807) is 31.6 Å². The highest BCUT2D eigenvalue weighted by molar-refractivity contribution is 5.92. The summed E-state index contributed by atoms with van der Waals surface area (Å²) in [7, 11) is 1.58. The molecule has 0 unspecified atom stereocenters. The Balaban J connectivity index is 0.00000176. The molecule has 1 saturated heterocycles. The maximum atomic E-state index is 12.2. The van der Waals surface area contributed by atoms with Gasteiger partial charge in [0.1, 0.15) is 5.69 Å². The lowest BCUT2D eigenvalue weighted by atomic mass is 10.3. The maximum absolute atomic E-state index is 12.2. The molecule has 2 aromatic heterocycles. The van der Waals surface area contributed by atoms with Crippen LogP contribution in [-0.2, 0) is 0 Å². The second-order valence-electron chi connectivity index (χ2n) is 4.76. The van der Waals surface area contributed by atoms with E-state index in [1.807, 2.05) is 11.0 Å². The van der Waals surface area contributed by atoms with Gasteiger partial charge in [-0.15, -0.1) is 12.4 Å². The summed E-state index contributed by atoms with van der Waals surface area (Å²) in [6.07, 6.45) is 3.44. The first-order valence-corrected chi connectivity index (χ1v) is 6.82. The Morgan fingerprint density at radius 1 is 1.27 bits per heavy atom. The van der Waals surface area contributed by atoms with Crippen molar-refractivity contribution in [2.45, 2.75) is 0 Å². The van der Waals surface area contributed by atoms with E-state index in [1.165, 1.54) is 0 Å². The van der Waals surface area contributed by atoms with Gasteiger partial charge in [0, 0.05) is 44.6 Å². The molecule has 0 aliphatic carbocycles. The van der Waals surface area contributed by atoms with Crippen molar-refractivity contribution in [2.24, 2.45) is 0 Å². The standard InChI is InChI=1S/C14H17N5O2.ClH/c1-21-12-4-6-16-14(17-12)19-9-7-18(8-10-19)13(20)11-3-2-5-15-11;/h2-6,15H,7-10H2,1H3;1H. The van der Waals surface area contributed by atoms with Gasteiger partial charge in [-0.3, -0.25) is 4.79 Å². The van der Waals surface area contributed by atoms with E-state index in [-0.39, 0.29) is 18.3 Å². The van der Waals surface area contributed by atoms with E-state index in [0.717, 1.165) is 0 Å². The molecular formula is C14H18ClN5O2. The van der Waals surface area contributed by atoms with Crippen molar-refractivity contribution < 1.29 is 9.53 Å². The van der Waals surface area contributed by atoms with Crippen LogP contribution in [0.2, 0.25) is 0 Å². The average molecular weight is 324 g/mol. The summed E-state index contributed by atoms with van der Waals surface area (Å²) in [5, 5.41) is 0. The van der Waals surface area contributed by atoms with E-state index in [2.05, 4.69) is 19.9 Å². The average Bonchev–Trinajstić information content (AvgIpc) is 3.09. The van der Waals surface area contributed by atoms with Gasteiger partial charge in [-0.25, -0.2) is 4.98 Å². The quantitative estimate of drug-likeness (QED) is 0.918. The number of carbonyl (C=O) groups excluding carboxylic acids is 1. The van der Waals surface area contributed by atoms with Crippen LogP contribution in [-0.4, -0.2) is 59.0 Å². The molecule has 8 heteroatoms. The van der Waals surface area contributed by atoms with Gasteiger partial charge in [0.05, 0.1) is 7.11 Å². The van der Waals surface area contributed by atoms with Crippen LogP contribution in [0.1, 0.15) is 10.5 Å². The number of nitrogens with zero attached hydrogens (tertiary/aromatic N) is 4. The Morgan fingerprint density at radius 3 is 2.68 bits per heavy atom. The Bertz CT molecular complexity index is 611. The molecule has 0 spiro atoms. The smallest absolute Gasteiger partial charge is 0.270 e. The van der Waals surface area contributed by atoms with Crippen molar-refractivity contribution in [2.75, 3.05) is 38.2 Å². The highest BCUT2D eigenvalue weighted by atomic mass is 35.5. The molecule has 0 aromatic carbocycles. The number of hydrogen-bond donors (Lipinski definition) is 1. The molecule has 3 heterocycles. The number of methoxy groups -OCH3 is 1. The van der Waals surface area contributed by atoms with E-state index in [0.29, 0.717) is 43.7 Å². The number of aromatic nitrogens is 3. The molecule has 1 aliphatic heterocycles. The molecule has 1 aliphatic rings. The van der Waals surface area contributed by atoms with Gasteiger partial charge in [-0.2, -0.15) is 4.98 Å². The molecule has 7 nitrogen and oxygen atoms in total. The molecule has 0 saturated carbocycles. The van der Waals surface area contributed by atoms with E-state index in [9.17, 15) is 4.79 Å². The monoisotopic (exact) mass is 323 g/mol. The number of aromatic amines is 1.